The van der Waals surface area contributed by atoms with Gasteiger partial charge in [0.1, 0.15) is 18.6 Å². The number of rotatable bonds is 8. The van der Waals surface area contributed by atoms with Gasteiger partial charge in [0, 0.05) is 53.3 Å². The van der Waals surface area contributed by atoms with Gasteiger partial charge in [0.15, 0.2) is 0 Å². The Kier molecular flexibility index (Phi) is 7.07. The van der Waals surface area contributed by atoms with Gasteiger partial charge < -0.3 is 37.0 Å². The van der Waals surface area contributed by atoms with E-state index in [1.54, 1.807) is 6.92 Å². The zero-order chi connectivity index (χ0) is 29.2. The number of likely N-dealkylation sites (tertiary alicyclic amines) is 1. The van der Waals surface area contributed by atoms with Crippen molar-refractivity contribution in [3.63, 3.8) is 0 Å². The van der Waals surface area contributed by atoms with Crippen LogP contribution in [0.3, 0.4) is 0 Å². The second-order valence-corrected chi connectivity index (χ2v) is 13.5. The van der Waals surface area contributed by atoms with Gasteiger partial charge >= 0.3 is 5.97 Å². The van der Waals surface area contributed by atoms with Crippen LogP contribution in [0.1, 0.15) is 33.1 Å². The average molecular weight is 589 g/mol. The van der Waals surface area contributed by atoms with Gasteiger partial charge in [-0.2, -0.15) is 0 Å². The Balaban J connectivity index is 1.08. The highest BCUT2D eigenvalue weighted by atomic mass is 32.2. The van der Waals surface area contributed by atoms with Crippen LogP contribution in [0.5, 0.6) is 0 Å². The summed E-state index contributed by atoms with van der Waals surface area (Å²) in [5, 5.41) is 26.9. The molecule has 15 nitrogen and oxygen atoms in total. The lowest BCUT2D eigenvalue weighted by molar-refractivity contribution is -0.158. The standard InChI is InChI=1S/C25H36N10O5S/c1-11-19-18(12(2)30-17(36)8-34-10-29-31-32-34)23(38)35(19)20(24(39)40)21(11)41-15-4-16(28-6-15)22(37)33-7-13-3-14(26)5-25(13,27)9-33/h10-16,18-19,28H,3-9,26-27H2,1-2H3,(H,30,36)(H,39,40)/t11-,12-,13?,14?,15+,16+,18-,19-,25?/m1/s1. The molecular weight excluding hydrogens is 552 g/mol. The van der Waals surface area contributed by atoms with E-state index in [1.807, 2.05) is 11.8 Å². The molecule has 0 radical (unpaired) electrons. The molecule has 3 unspecified atom stereocenters. The van der Waals surface area contributed by atoms with E-state index in [0.29, 0.717) is 31.0 Å². The van der Waals surface area contributed by atoms with E-state index < -0.39 is 23.5 Å². The van der Waals surface area contributed by atoms with Crippen molar-refractivity contribution in [3.8, 4) is 0 Å². The fourth-order valence-corrected chi connectivity index (χ4v) is 8.99. The van der Waals surface area contributed by atoms with Crippen LogP contribution in [0.4, 0.5) is 0 Å². The maximum Gasteiger partial charge on any atom is 0.353 e. The largest absolute Gasteiger partial charge is 0.477 e. The molecule has 4 fully saturated rings. The molecule has 0 aromatic carbocycles. The highest BCUT2D eigenvalue weighted by Gasteiger charge is 2.60. The Morgan fingerprint density at radius 1 is 1.34 bits per heavy atom. The monoisotopic (exact) mass is 588 g/mol. The van der Waals surface area contributed by atoms with Crippen LogP contribution in [0, 0.1) is 17.8 Å². The normalized spacial score (nSPS) is 36.8. The molecule has 0 bridgehead atoms. The molecular formula is C25H36N10O5S. The highest BCUT2D eigenvalue weighted by molar-refractivity contribution is 8.03. The lowest BCUT2D eigenvalue weighted by Crippen LogP contribution is -2.66. The third-order valence-electron chi connectivity index (χ3n) is 9.38. The summed E-state index contributed by atoms with van der Waals surface area (Å²) in [7, 11) is 0. The van der Waals surface area contributed by atoms with Crippen LogP contribution in [-0.4, -0.2) is 113 Å². The lowest BCUT2D eigenvalue weighted by atomic mass is 9.78. The molecule has 9 atom stereocenters. The van der Waals surface area contributed by atoms with Gasteiger partial charge in [0.2, 0.25) is 17.7 Å². The van der Waals surface area contributed by atoms with Gasteiger partial charge in [0.25, 0.3) is 0 Å². The molecule has 222 valence electrons. The van der Waals surface area contributed by atoms with Crippen molar-refractivity contribution in [1.82, 2.24) is 40.6 Å². The molecule has 41 heavy (non-hydrogen) atoms. The first-order chi connectivity index (χ1) is 19.5. The highest BCUT2D eigenvalue weighted by Crippen LogP contribution is 2.52. The number of β-lactam (4-membered cyclic amide) rings is 1. The number of thioether (sulfide) groups is 1. The molecule has 5 heterocycles. The number of hydrogen-bond donors (Lipinski definition) is 5. The first-order valence-corrected chi connectivity index (χ1v) is 14.9. The van der Waals surface area contributed by atoms with Gasteiger partial charge in [-0.1, -0.05) is 6.92 Å². The van der Waals surface area contributed by atoms with E-state index in [1.165, 1.54) is 27.7 Å². The third-order valence-corrected chi connectivity index (χ3v) is 10.9. The number of aliphatic carboxylic acids is 1. The van der Waals surface area contributed by atoms with Crippen molar-refractivity contribution in [2.24, 2.45) is 29.2 Å². The molecule has 4 aliphatic heterocycles. The minimum atomic E-state index is -1.15. The molecule has 0 spiro atoms. The van der Waals surface area contributed by atoms with E-state index >= 15 is 0 Å². The number of carboxylic acid groups (broad SMARTS) is 1. The van der Waals surface area contributed by atoms with Crippen LogP contribution in [-0.2, 0) is 25.7 Å². The smallest absolute Gasteiger partial charge is 0.353 e. The Morgan fingerprint density at radius 3 is 2.80 bits per heavy atom. The van der Waals surface area contributed by atoms with Crippen LogP contribution >= 0.6 is 11.8 Å². The van der Waals surface area contributed by atoms with Gasteiger partial charge in [-0.05, 0) is 42.5 Å². The van der Waals surface area contributed by atoms with Gasteiger partial charge in [-0.25, -0.2) is 9.48 Å². The van der Waals surface area contributed by atoms with Crippen LogP contribution in [0.2, 0.25) is 0 Å². The predicted molar refractivity (Wildman–Crippen MR) is 145 cm³/mol. The SMILES string of the molecule is C[C@@H](NC(=O)Cn1cnnn1)[C@H]1C(=O)N2C(C(=O)O)=C(S[C@@H]3CN[C@H](C(=O)N4CC5CC(N)CC5(N)C4)C3)[C@H](C)[C@H]12. The minimum Gasteiger partial charge on any atom is -0.477 e. The summed E-state index contributed by atoms with van der Waals surface area (Å²) in [6.07, 6.45) is 3.43. The van der Waals surface area contributed by atoms with Gasteiger partial charge in [-0.15, -0.1) is 16.9 Å². The van der Waals surface area contributed by atoms with Crippen LogP contribution in [0.25, 0.3) is 0 Å². The molecule has 3 amide bonds. The van der Waals surface area contributed by atoms with E-state index in [9.17, 15) is 24.3 Å². The number of carboxylic acids is 1. The molecule has 7 N–H and O–H groups in total. The van der Waals surface area contributed by atoms with Crippen LogP contribution < -0.4 is 22.1 Å². The fourth-order valence-electron chi connectivity index (χ4n) is 7.51. The summed E-state index contributed by atoms with van der Waals surface area (Å²) in [5.41, 5.74) is 12.3. The van der Waals surface area contributed by atoms with E-state index in [0.717, 1.165) is 12.8 Å². The average Bonchev–Trinajstić information content (AvgIpc) is 3.69. The van der Waals surface area contributed by atoms with E-state index in [4.69, 9.17) is 11.5 Å². The zero-order valence-electron chi connectivity index (χ0n) is 23.0. The van der Waals surface area contributed by atoms with Crippen molar-refractivity contribution in [2.45, 2.75) is 74.6 Å². The second kappa shape index (κ2) is 10.3. The van der Waals surface area contributed by atoms with Crippen LogP contribution in [0.15, 0.2) is 16.9 Å². The number of carbonyl (C=O) groups is 4. The topological polar surface area (TPSA) is 215 Å². The van der Waals surface area contributed by atoms with Crippen molar-refractivity contribution in [1.29, 1.82) is 0 Å². The van der Waals surface area contributed by atoms with Crippen molar-refractivity contribution < 1.29 is 24.3 Å². The summed E-state index contributed by atoms with van der Waals surface area (Å²) in [4.78, 5) is 55.2. The summed E-state index contributed by atoms with van der Waals surface area (Å²) in [6.45, 7) is 5.26. The molecule has 3 saturated heterocycles. The van der Waals surface area contributed by atoms with Crippen molar-refractivity contribution >= 4 is 35.5 Å². The number of hydrogen-bond acceptors (Lipinski definition) is 11. The fraction of sp³-hybridized carbons (Fsp3) is 0.720. The van der Waals surface area contributed by atoms with Gasteiger partial charge in [-0.3, -0.25) is 14.4 Å². The Bertz CT molecular complexity index is 1290. The number of fused-ring (bicyclic) bond motifs is 2. The second-order valence-electron chi connectivity index (χ2n) is 12.2. The first-order valence-electron chi connectivity index (χ1n) is 14.0. The molecule has 1 aliphatic carbocycles. The Hall–Kier alpha value is -3.08. The molecule has 6 rings (SSSR count). The third kappa shape index (κ3) is 4.79. The quantitative estimate of drug-likeness (QED) is 0.203. The summed E-state index contributed by atoms with van der Waals surface area (Å²) in [5.74, 6) is -2.37. The Morgan fingerprint density at radius 2 is 2.12 bits per heavy atom. The number of aromatic nitrogens is 4. The molecule has 16 heteroatoms. The van der Waals surface area contributed by atoms with E-state index in [2.05, 4.69) is 26.2 Å². The first kappa shape index (κ1) is 28.1. The van der Waals surface area contributed by atoms with Crippen molar-refractivity contribution in [3.05, 3.63) is 16.9 Å². The maximum absolute atomic E-state index is 13.3. The lowest BCUT2D eigenvalue weighted by Gasteiger charge is -2.47. The van der Waals surface area contributed by atoms with Crippen molar-refractivity contribution in [2.75, 3.05) is 19.6 Å². The summed E-state index contributed by atoms with van der Waals surface area (Å²) < 4.78 is 1.28. The number of nitrogens with two attached hydrogens (primary N) is 2. The summed E-state index contributed by atoms with van der Waals surface area (Å²) in [6, 6.07) is -1.16. The summed E-state index contributed by atoms with van der Waals surface area (Å²) >= 11 is 1.44. The zero-order valence-corrected chi connectivity index (χ0v) is 23.8. The van der Waals surface area contributed by atoms with E-state index in [-0.39, 0.29) is 65.2 Å². The number of tetrazole rings is 1. The maximum atomic E-state index is 13.3. The molecule has 1 aromatic heterocycles. The number of nitrogens with one attached hydrogen (secondary N) is 2. The van der Waals surface area contributed by atoms with Gasteiger partial charge in [0.05, 0.1) is 18.0 Å². The Labute approximate surface area is 240 Å². The molecule has 1 saturated carbocycles. The minimum absolute atomic E-state index is 0.00419. The molecule has 5 aliphatic rings. The predicted octanol–water partition coefficient (Wildman–Crippen LogP) is -2.31. The molecule has 1 aromatic rings. The number of carbonyl (C=O) groups excluding carboxylic acids is 3. The number of nitrogens with zero attached hydrogens (tertiary/aromatic N) is 6. The number of amides is 3.